The maximum absolute atomic E-state index is 11.4. The first-order chi connectivity index (χ1) is 7.43. The van der Waals surface area contributed by atoms with Crippen LogP contribution in [0.5, 0.6) is 0 Å². The van der Waals surface area contributed by atoms with Crippen LogP contribution < -0.4 is 0 Å². The highest BCUT2D eigenvalue weighted by Gasteiger charge is 2.49. The third kappa shape index (κ3) is 2.07. The lowest BCUT2D eigenvalue weighted by molar-refractivity contribution is -0.154. The van der Waals surface area contributed by atoms with Crippen LogP contribution in [0.15, 0.2) is 0 Å². The summed E-state index contributed by atoms with van der Waals surface area (Å²) in [5.74, 6) is -0.535. The fourth-order valence-electron chi connectivity index (χ4n) is 2.40. The number of fused-ring (bicyclic) bond motifs is 1. The molecule has 0 aromatic carbocycles. The molecule has 2 fully saturated rings. The van der Waals surface area contributed by atoms with Crippen molar-refractivity contribution in [3.05, 3.63) is 0 Å². The molecule has 0 radical (unpaired) electrons. The number of rotatable bonds is 1. The quantitative estimate of drug-likeness (QED) is 0.652. The van der Waals surface area contributed by atoms with Crippen molar-refractivity contribution in [2.45, 2.75) is 44.9 Å². The zero-order chi connectivity index (χ0) is 11.9. The minimum atomic E-state index is -0.584. The zero-order valence-corrected chi connectivity index (χ0v) is 10.2. The van der Waals surface area contributed by atoms with Crippen molar-refractivity contribution < 1.29 is 19.0 Å². The number of carbonyl (C=O) groups excluding carboxylic acids is 1. The summed E-state index contributed by atoms with van der Waals surface area (Å²) < 4.78 is 16.9. The molecular formula is C11H19NO4. The van der Waals surface area contributed by atoms with Gasteiger partial charge in [0.15, 0.2) is 5.79 Å². The molecule has 0 N–H and O–H groups in total. The number of piperidine rings is 1. The van der Waals surface area contributed by atoms with Gasteiger partial charge in [-0.05, 0) is 13.8 Å². The molecule has 5 heteroatoms. The Morgan fingerprint density at radius 3 is 2.62 bits per heavy atom. The van der Waals surface area contributed by atoms with E-state index in [1.54, 1.807) is 18.9 Å². The van der Waals surface area contributed by atoms with Gasteiger partial charge < -0.3 is 19.1 Å². The lowest BCUT2D eigenvalue weighted by atomic mass is 10.0. The van der Waals surface area contributed by atoms with E-state index in [2.05, 4.69) is 0 Å². The number of hydrogen-bond acceptors (Lipinski definition) is 4. The summed E-state index contributed by atoms with van der Waals surface area (Å²) in [6.07, 6.45) is -0.266. The summed E-state index contributed by atoms with van der Waals surface area (Å²) in [4.78, 5) is 13.1. The van der Waals surface area contributed by atoms with Crippen molar-refractivity contribution in [2.75, 3.05) is 20.2 Å². The Morgan fingerprint density at radius 2 is 2.06 bits per heavy atom. The van der Waals surface area contributed by atoms with E-state index in [1.165, 1.54) is 0 Å². The molecule has 0 aromatic rings. The van der Waals surface area contributed by atoms with Gasteiger partial charge in [0.2, 0.25) is 5.91 Å². The van der Waals surface area contributed by atoms with Crippen molar-refractivity contribution >= 4 is 5.91 Å². The van der Waals surface area contributed by atoms with Gasteiger partial charge >= 0.3 is 0 Å². The molecule has 0 aliphatic carbocycles. The maximum Gasteiger partial charge on any atom is 0.219 e. The third-order valence-corrected chi connectivity index (χ3v) is 3.14. The van der Waals surface area contributed by atoms with Crippen molar-refractivity contribution in [3.8, 4) is 0 Å². The maximum atomic E-state index is 11.4. The van der Waals surface area contributed by atoms with Gasteiger partial charge in [0.25, 0.3) is 0 Å². The van der Waals surface area contributed by atoms with Crippen molar-refractivity contribution in [2.24, 2.45) is 0 Å². The molecule has 2 rings (SSSR count). The fraction of sp³-hybridized carbons (Fsp3) is 0.909. The van der Waals surface area contributed by atoms with Crippen molar-refractivity contribution in [1.29, 1.82) is 0 Å². The summed E-state index contributed by atoms with van der Waals surface area (Å²) in [6.45, 7) is 6.50. The molecule has 2 aliphatic rings. The highest BCUT2D eigenvalue weighted by atomic mass is 16.8. The monoisotopic (exact) mass is 229 g/mol. The van der Waals surface area contributed by atoms with Crippen LogP contribution in [0.4, 0.5) is 0 Å². The highest BCUT2D eigenvalue weighted by Crippen LogP contribution is 2.34. The molecule has 5 nitrogen and oxygen atoms in total. The SMILES string of the molecule is COC1CN(C(C)=O)CC2OC(C)(C)OC12. The summed E-state index contributed by atoms with van der Waals surface area (Å²) in [7, 11) is 1.64. The summed E-state index contributed by atoms with van der Waals surface area (Å²) in [6, 6.07) is 0. The average molecular weight is 229 g/mol. The largest absolute Gasteiger partial charge is 0.377 e. The average Bonchev–Trinajstić information content (AvgIpc) is 2.49. The fourth-order valence-corrected chi connectivity index (χ4v) is 2.40. The Hall–Kier alpha value is -0.650. The molecule has 0 saturated carbocycles. The molecule has 92 valence electrons. The van der Waals surface area contributed by atoms with Gasteiger partial charge in [0.1, 0.15) is 18.3 Å². The molecule has 1 amide bonds. The van der Waals surface area contributed by atoms with Crippen LogP contribution in [0.1, 0.15) is 20.8 Å². The predicted octanol–water partition coefficient (Wildman–Crippen LogP) is 0.384. The number of ether oxygens (including phenoxy) is 3. The van der Waals surface area contributed by atoms with Crippen molar-refractivity contribution in [3.63, 3.8) is 0 Å². The second-order valence-electron chi connectivity index (χ2n) is 4.84. The van der Waals surface area contributed by atoms with E-state index in [9.17, 15) is 4.79 Å². The molecular weight excluding hydrogens is 210 g/mol. The van der Waals surface area contributed by atoms with E-state index < -0.39 is 5.79 Å². The highest BCUT2D eigenvalue weighted by molar-refractivity contribution is 5.73. The normalized spacial score (nSPS) is 37.2. The first-order valence-corrected chi connectivity index (χ1v) is 5.57. The van der Waals surface area contributed by atoms with Gasteiger partial charge in [-0.2, -0.15) is 0 Å². The van der Waals surface area contributed by atoms with Gasteiger partial charge in [0.05, 0.1) is 0 Å². The number of nitrogens with zero attached hydrogens (tertiary/aromatic N) is 1. The minimum absolute atomic E-state index is 0.0498. The molecule has 2 aliphatic heterocycles. The number of carbonyl (C=O) groups is 1. The van der Waals surface area contributed by atoms with Crippen LogP contribution in [-0.2, 0) is 19.0 Å². The molecule has 2 heterocycles. The molecule has 2 saturated heterocycles. The predicted molar refractivity (Wildman–Crippen MR) is 56.9 cm³/mol. The number of likely N-dealkylation sites (tertiary alicyclic amines) is 1. The first kappa shape index (κ1) is 11.8. The first-order valence-electron chi connectivity index (χ1n) is 5.57. The Morgan fingerprint density at radius 1 is 1.38 bits per heavy atom. The van der Waals surface area contributed by atoms with Crippen LogP contribution in [0, 0.1) is 0 Å². The summed E-state index contributed by atoms with van der Waals surface area (Å²) in [5.41, 5.74) is 0. The number of methoxy groups -OCH3 is 1. The smallest absolute Gasteiger partial charge is 0.219 e. The van der Waals surface area contributed by atoms with Crippen LogP contribution in [-0.4, -0.2) is 55.1 Å². The number of amides is 1. The zero-order valence-electron chi connectivity index (χ0n) is 10.2. The van der Waals surface area contributed by atoms with Crippen LogP contribution in [0.2, 0.25) is 0 Å². The molecule has 0 bridgehead atoms. The number of hydrogen-bond donors (Lipinski definition) is 0. The van der Waals surface area contributed by atoms with E-state index in [0.717, 1.165) is 0 Å². The van der Waals surface area contributed by atoms with E-state index in [0.29, 0.717) is 13.1 Å². The van der Waals surface area contributed by atoms with Crippen LogP contribution in [0.25, 0.3) is 0 Å². The topological polar surface area (TPSA) is 48.0 Å². The minimum Gasteiger partial charge on any atom is -0.377 e. The Labute approximate surface area is 95.6 Å². The van der Waals surface area contributed by atoms with E-state index in [1.807, 2.05) is 13.8 Å². The van der Waals surface area contributed by atoms with Crippen LogP contribution in [0.3, 0.4) is 0 Å². The Kier molecular flexibility index (Phi) is 2.94. The second-order valence-corrected chi connectivity index (χ2v) is 4.84. The molecule has 3 unspecified atom stereocenters. The molecule has 0 spiro atoms. The van der Waals surface area contributed by atoms with Gasteiger partial charge in [0, 0.05) is 27.1 Å². The Bertz CT molecular complexity index is 292. The molecule has 3 atom stereocenters. The third-order valence-electron chi connectivity index (χ3n) is 3.14. The molecule has 0 aromatic heterocycles. The van der Waals surface area contributed by atoms with E-state index in [-0.39, 0.29) is 24.2 Å². The Balaban J connectivity index is 2.13. The molecule has 16 heavy (non-hydrogen) atoms. The summed E-state index contributed by atoms with van der Waals surface area (Å²) >= 11 is 0. The standard InChI is InChI=1S/C11H19NO4/c1-7(13)12-5-8(14-4)10-9(6-12)15-11(2,3)16-10/h8-10H,5-6H2,1-4H3. The van der Waals surface area contributed by atoms with Crippen LogP contribution >= 0.6 is 0 Å². The summed E-state index contributed by atoms with van der Waals surface area (Å²) in [5, 5.41) is 0. The van der Waals surface area contributed by atoms with E-state index >= 15 is 0 Å². The van der Waals surface area contributed by atoms with Gasteiger partial charge in [-0.1, -0.05) is 0 Å². The second kappa shape index (κ2) is 3.98. The van der Waals surface area contributed by atoms with Crippen molar-refractivity contribution in [1.82, 2.24) is 4.90 Å². The van der Waals surface area contributed by atoms with E-state index in [4.69, 9.17) is 14.2 Å². The lowest BCUT2D eigenvalue weighted by Gasteiger charge is -2.37. The van der Waals surface area contributed by atoms with Gasteiger partial charge in [-0.3, -0.25) is 4.79 Å². The lowest BCUT2D eigenvalue weighted by Crippen LogP contribution is -2.55. The van der Waals surface area contributed by atoms with Gasteiger partial charge in [-0.25, -0.2) is 0 Å². The van der Waals surface area contributed by atoms with Gasteiger partial charge in [-0.15, -0.1) is 0 Å².